The van der Waals surface area contributed by atoms with E-state index in [4.69, 9.17) is 4.74 Å². The van der Waals surface area contributed by atoms with E-state index in [1.807, 2.05) is 51.1 Å². The van der Waals surface area contributed by atoms with Gasteiger partial charge < -0.3 is 9.84 Å². The molecule has 0 bridgehead atoms. The summed E-state index contributed by atoms with van der Waals surface area (Å²) in [5, 5.41) is 10.7. The molecule has 2 rings (SSSR count). The highest BCUT2D eigenvalue weighted by Crippen LogP contribution is 2.39. The Morgan fingerprint density at radius 1 is 1.13 bits per heavy atom. The van der Waals surface area contributed by atoms with Gasteiger partial charge in [-0.2, -0.15) is 0 Å². The molecule has 122 valence electrons. The van der Waals surface area contributed by atoms with Gasteiger partial charge in [0.15, 0.2) is 0 Å². The molecule has 0 aromatic heterocycles. The van der Waals surface area contributed by atoms with E-state index in [0.29, 0.717) is 18.8 Å². The second kappa shape index (κ2) is 7.32. The largest absolute Gasteiger partial charge is 0.507 e. The van der Waals surface area contributed by atoms with E-state index < -0.39 is 0 Å². The summed E-state index contributed by atoms with van der Waals surface area (Å²) >= 11 is 0. The molecule has 0 aliphatic heterocycles. The van der Waals surface area contributed by atoms with Gasteiger partial charge in [0.2, 0.25) is 0 Å². The zero-order valence-electron chi connectivity index (χ0n) is 14.2. The van der Waals surface area contributed by atoms with Crippen LogP contribution in [0, 0.1) is 20.8 Å². The molecule has 0 aliphatic rings. The molecule has 1 atom stereocenters. The van der Waals surface area contributed by atoms with E-state index in [9.17, 15) is 9.90 Å². The Hall–Kier alpha value is -2.29. The first-order chi connectivity index (χ1) is 10.9. The summed E-state index contributed by atoms with van der Waals surface area (Å²) in [5.74, 6) is 0.0619. The number of carbonyl (C=O) groups is 1. The van der Waals surface area contributed by atoms with Gasteiger partial charge in [-0.05, 0) is 49.4 Å². The third-order valence-electron chi connectivity index (χ3n) is 4.32. The third kappa shape index (κ3) is 3.92. The van der Waals surface area contributed by atoms with Crippen molar-refractivity contribution in [2.45, 2.75) is 40.0 Å². The Balaban J connectivity index is 2.46. The molecule has 0 saturated heterocycles. The van der Waals surface area contributed by atoms with Crippen molar-refractivity contribution in [3.05, 3.63) is 64.2 Å². The van der Waals surface area contributed by atoms with Gasteiger partial charge in [-0.1, -0.05) is 36.4 Å². The maximum atomic E-state index is 11.1. The van der Waals surface area contributed by atoms with E-state index in [2.05, 4.69) is 6.07 Å². The molecule has 2 aromatic carbocycles. The van der Waals surface area contributed by atoms with Crippen LogP contribution in [-0.2, 0) is 9.53 Å². The van der Waals surface area contributed by atoms with Gasteiger partial charge in [0.1, 0.15) is 5.75 Å². The first-order valence-corrected chi connectivity index (χ1v) is 7.89. The fourth-order valence-corrected chi connectivity index (χ4v) is 3.01. The Labute approximate surface area is 137 Å². The van der Waals surface area contributed by atoms with Crippen LogP contribution in [0.4, 0.5) is 0 Å². The second-order valence-corrected chi connectivity index (χ2v) is 5.99. The molecule has 3 heteroatoms. The van der Waals surface area contributed by atoms with Gasteiger partial charge in [-0.3, -0.25) is 4.79 Å². The molecular weight excluding hydrogens is 288 g/mol. The van der Waals surface area contributed by atoms with Gasteiger partial charge in [-0.25, -0.2) is 0 Å². The van der Waals surface area contributed by atoms with Crippen molar-refractivity contribution in [3.63, 3.8) is 0 Å². The number of hydrogen-bond acceptors (Lipinski definition) is 3. The molecule has 1 unspecified atom stereocenters. The van der Waals surface area contributed by atoms with Gasteiger partial charge in [0.25, 0.3) is 0 Å². The van der Waals surface area contributed by atoms with Crippen LogP contribution in [0.25, 0.3) is 0 Å². The predicted octanol–water partition coefficient (Wildman–Crippen LogP) is 4.40. The lowest BCUT2D eigenvalue weighted by Gasteiger charge is -2.23. The summed E-state index contributed by atoms with van der Waals surface area (Å²) in [4.78, 5) is 11.1. The Morgan fingerprint density at radius 3 is 2.39 bits per heavy atom. The second-order valence-electron chi connectivity index (χ2n) is 5.99. The minimum absolute atomic E-state index is 0.00477. The quantitative estimate of drug-likeness (QED) is 0.832. The molecule has 0 fully saturated rings. The fraction of sp³-hybridized carbons (Fsp3) is 0.350. The first kappa shape index (κ1) is 17.1. The smallest absolute Gasteiger partial charge is 0.302 e. The van der Waals surface area contributed by atoms with Crippen molar-refractivity contribution in [2.75, 3.05) is 6.61 Å². The molecular formula is C20H24O3. The zero-order valence-corrected chi connectivity index (χ0v) is 14.2. The molecule has 0 saturated carbocycles. The van der Waals surface area contributed by atoms with Crippen LogP contribution in [0.3, 0.4) is 0 Å². The Morgan fingerprint density at radius 2 is 1.78 bits per heavy atom. The van der Waals surface area contributed by atoms with E-state index in [1.165, 1.54) is 6.92 Å². The summed E-state index contributed by atoms with van der Waals surface area (Å²) in [6.07, 6.45) is 0.639. The Bertz CT molecular complexity index is 690. The topological polar surface area (TPSA) is 46.5 Å². The normalized spacial score (nSPS) is 12.0. The summed E-state index contributed by atoms with van der Waals surface area (Å²) in [6.45, 7) is 7.70. The number of aromatic hydroxyl groups is 1. The van der Waals surface area contributed by atoms with Crippen molar-refractivity contribution < 1.29 is 14.6 Å². The number of phenolic OH excluding ortho intramolecular Hbond substituents is 1. The molecule has 0 aliphatic carbocycles. The average Bonchev–Trinajstić information content (AvgIpc) is 2.52. The average molecular weight is 312 g/mol. The predicted molar refractivity (Wildman–Crippen MR) is 91.9 cm³/mol. The van der Waals surface area contributed by atoms with Crippen molar-refractivity contribution >= 4 is 5.97 Å². The van der Waals surface area contributed by atoms with E-state index in [-0.39, 0.29) is 11.9 Å². The van der Waals surface area contributed by atoms with E-state index in [0.717, 1.165) is 27.8 Å². The third-order valence-corrected chi connectivity index (χ3v) is 4.32. The number of phenols is 1. The standard InChI is InChI=1S/C20H24O3/c1-13-12-14(2)19(20(22)15(13)3)18(10-11-23-16(4)21)17-8-6-5-7-9-17/h5-9,12,18,22H,10-11H2,1-4H3. The lowest BCUT2D eigenvalue weighted by molar-refractivity contribution is -0.141. The van der Waals surface area contributed by atoms with Gasteiger partial charge >= 0.3 is 5.97 Å². The van der Waals surface area contributed by atoms with Crippen molar-refractivity contribution in [2.24, 2.45) is 0 Å². The van der Waals surface area contributed by atoms with Crippen LogP contribution in [0.15, 0.2) is 36.4 Å². The van der Waals surface area contributed by atoms with Crippen LogP contribution in [0.5, 0.6) is 5.75 Å². The lowest BCUT2D eigenvalue weighted by Crippen LogP contribution is -2.10. The minimum atomic E-state index is -0.280. The maximum Gasteiger partial charge on any atom is 0.302 e. The van der Waals surface area contributed by atoms with Gasteiger partial charge in [-0.15, -0.1) is 0 Å². The molecule has 3 nitrogen and oxygen atoms in total. The molecule has 0 radical (unpaired) electrons. The number of rotatable bonds is 5. The molecule has 1 N–H and O–H groups in total. The number of esters is 1. The fourth-order valence-electron chi connectivity index (χ4n) is 3.01. The van der Waals surface area contributed by atoms with E-state index in [1.54, 1.807) is 0 Å². The van der Waals surface area contributed by atoms with Crippen molar-refractivity contribution in [1.29, 1.82) is 0 Å². The monoisotopic (exact) mass is 312 g/mol. The molecule has 2 aromatic rings. The molecule has 23 heavy (non-hydrogen) atoms. The molecule has 0 amide bonds. The number of benzene rings is 2. The molecule has 0 heterocycles. The van der Waals surface area contributed by atoms with Gasteiger partial charge in [0.05, 0.1) is 6.61 Å². The number of ether oxygens (including phenoxy) is 1. The van der Waals surface area contributed by atoms with Crippen LogP contribution in [0.1, 0.15) is 47.1 Å². The SMILES string of the molecule is CC(=O)OCCC(c1ccccc1)c1c(C)cc(C)c(C)c1O. The van der Waals surface area contributed by atoms with Crippen LogP contribution in [-0.4, -0.2) is 17.7 Å². The maximum absolute atomic E-state index is 11.1. The summed E-state index contributed by atoms with van der Waals surface area (Å²) in [5.41, 5.74) is 5.07. The van der Waals surface area contributed by atoms with Crippen LogP contribution in [0.2, 0.25) is 0 Å². The van der Waals surface area contributed by atoms with Crippen molar-refractivity contribution in [3.8, 4) is 5.75 Å². The number of aryl methyl sites for hydroxylation is 2. The highest BCUT2D eigenvalue weighted by atomic mass is 16.5. The number of carbonyl (C=O) groups excluding carboxylic acids is 1. The van der Waals surface area contributed by atoms with Gasteiger partial charge in [0, 0.05) is 18.4 Å². The lowest BCUT2D eigenvalue weighted by atomic mass is 9.83. The highest BCUT2D eigenvalue weighted by Gasteiger charge is 2.22. The summed E-state index contributed by atoms with van der Waals surface area (Å²) in [7, 11) is 0. The first-order valence-electron chi connectivity index (χ1n) is 7.89. The van der Waals surface area contributed by atoms with Crippen molar-refractivity contribution in [1.82, 2.24) is 0 Å². The summed E-state index contributed by atoms with van der Waals surface area (Å²) in [6, 6.07) is 12.1. The van der Waals surface area contributed by atoms with E-state index >= 15 is 0 Å². The molecule has 0 spiro atoms. The number of hydrogen-bond donors (Lipinski definition) is 1. The summed E-state index contributed by atoms with van der Waals surface area (Å²) < 4.78 is 5.13. The Kier molecular flexibility index (Phi) is 5.43. The zero-order chi connectivity index (χ0) is 17.0. The van der Waals surface area contributed by atoms with Crippen LogP contribution < -0.4 is 0 Å². The van der Waals surface area contributed by atoms with Crippen LogP contribution >= 0.6 is 0 Å². The highest BCUT2D eigenvalue weighted by molar-refractivity contribution is 5.65. The minimum Gasteiger partial charge on any atom is -0.507 e.